The quantitative estimate of drug-likeness (QED) is 0.423. The standard InChI is InChI=1S/C23H24F3N5O6S/c1-30(2)10-11-35-16-8-6-15(7-9-16)21(32)27-12-17-13-36-19-5-3-4-18(20(19)37-17)31-14-28-22(29-31)38(33,34)23(24,25)26/h3-9,14,17H,10-13H2,1-2H3,(H,27,32)/t17-/m1/s1. The van der Waals surface area contributed by atoms with Crippen molar-refractivity contribution in [1.82, 2.24) is 25.0 Å². The van der Waals surface area contributed by atoms with Gasteiger partial charge in [0.15, 0.2) is 17.6 Å². The second-order valence-corrected chi connectivity index (χ2v) is 10.3. The van der Waals surface area contributed by atoms with Gasteiger partial charge >= 0.3 is 15.3 Å². The normalized spacial score (nSPS) is 15.4. The summed E-state index contributed by atoms with van der Waals surface area (Å²) in [6, 6.07) is 11.2. The van der Waals surface area contributed by atoms with Crippen LogP contribution in [0.15, 0.2) is 53.9 Å². The summed E-state index contributed by atoms with van der Waals surface area (Å²) >= 11 is 0. The molecule has 3 aromatic rings. The fourth-order valence-electron chi connectivity index (χ4n) is 3.35. The van der Waals surface area contributed by atoms with E-state index in [1.165, 1.54) is 12.1 Å². The Morgan fingerprint density at radius 1 is 1.21 bits per heavy atom. The number of nitrogens with one attached hydrogen (secondary N) is 1. The van der Waals surface area contributed by atoms with Crippen molar-refractivity contribution < 1.29 is 40.6 Å². The van der Waals surface area contributed by atoms with Gasteiger partial charge in [0.1, 0.15) is 31.0 Å². The van der Waals surface area contributed by atoms with Crippen molar-refractivity contribution in [1.29, 1.82) is 0 Å². The highest BCUT2D eigenvalue weighted by Crippen LogP contribution is 2.37. The summed E-state index contributed by atoms with van der Waals surface area (Å²) in [6.45, 7) is 1.40. The number of halogens is 3. The van der Waals surface area contributed by atoms with Crippen molar-refractivity contribution in [2.75, 3.05) is 40.4 Å². The molecule has 1 N–H and O–H groups in total. The summed E-state index contributed by atoms with van der Waals surface area (Å²) in [4.78, 5) is 17.9. The van der Waals surface area contributed by atoms with Gasteiger partial charge < -0.3 is 24.4 Å². The van der Waals surface area contributed by atoms with E-state index < -0.39 is 26.6 Å². The van der Waals surface area contributed by atoms with Crippen LogP contribution in [0.25, 0.3) is 5.69 Å². The van der Waals surface area contributed by atoms with Gasteiger partial charge in [0.2, 0.25) is 0 Å². The average Bonchev–Trinajstić information content (AvgIpc) is 3.37. The minimum absolute atomic E-state index is 0.0543. The highest BCUT2D eigenvalue weighted by atomic mass is 32.2. The molecule has 2 aromatic carbocycles. The molecular weight excluding hydrogens is 531 g/mol. The Morgan fingerprint density at radius 3 is 2.63 bits per heavy atom. The van der Waals surface area contributed by atoms with E-state index in [4.69, 9.17) is 14.2 Å². The third-order valence-corrected chi connectivity index (χ3v) is 6.62. The fraction of sp³-hybridized carbons (Fsp3) is 0.348. The lowest BCUT2D eigenvalue weighted by Crippen LogP contribution is -2.41. The van der Waals surface area contributed by atoms with Crippen LogP contribution in [0.1, 0.15) is 10.4 Å². The summed E-state index contributed by atoms with van der Waals surface area (Å²) in [5, 5.41) is 4.83. The van der Waals surface area contributed by atoms with Crippen LogP contribution in [-0.2, 0) is 9.84 Å². The molecule has 1 aliphatic rings. The Balaban J connectivity index is 1.41. The molecule has 38 heavy (non-hydrogen) atoms. The van der Waals surface area contributed by atoms with Crippen LogP contribution < -0.4 is 19.5 Å². The Kier molecular flexibility index (Phi) is 7.78. The first-order chi connectivity index (χ1) is 18.0. The minimum Gasteiger partial charge on any atom is -0.492 e. The zero-order valence-electron chi connectivity index (χ0n) is 20.3. The monoisotopic (exact) mass is 555 g/mol. The van der Waals surface area contributed by atoms with Crippen molar-refractivity contribution in [2.24, 2.45) is 0 Å². The van der Waals surface area contributed by atoms with E-state index in [0.717, 1.165) is 17.6 Å². The number of rotatable bonds is 9. The average molecular weight is 556 g/mol. The molecule has 204 valence electrons. The predicted octanol–water partition coefficient (Wildman–Crippen LogP) is 2.07. The Bertz CT molecular complexity index is 1390. The molecule has 1 atom stereocenters. The fourth-order valence-corrected chi connectivity index (χ4v) is 3.94. The van der Waals surface area contributed by atoms with Crippen LogP contribution in [0.4, 0.5) is 13.2 Å². The maximum Gasteiger partial charge on any atom is 0.505 e. The number of carbonyl (C=O) groups excluding carboxylic acids is 1. The minimum atomic E-state index is -5.72. The number of nitrogens with zero attached hydrogens (tertiary/aromatic N) is 4. The number of likely N-dealkylation sites (N-methyl/N-ethyl adjacent to an activating group) is 1. The second kappa shape index (κ2) is 10.9. The number of para-hydroxylation sites is 1. The number of sulfone groups is 1. The molecule has 15 heteroatoms. The maximum absolute atomic E-state index is 12.9. The molecule has 0 saturated carbocycles. The molecule has 0 fully saturated rings. The molecule has 0 aliphatic carbocycles. The zero-order chi connectivity index (χ0) is 27.5. The van der Waals surface area contributed by atoms with E-state index in [0.29, 0.717) is 17.9 Å². The molecule has 0 bridgehead atoms. The number of ether oxygens (including phenoxy) is 3. The van der Waals surface area contributed by atoms with E-state index in [2.05, 4.69) is 15.4 Å². The SMILES string of the molecule is CN(C)CCOc1ccc(C(=O)NC[C@@H]2COc3cccc(-n4cnc(S(=O)(=O)C(F)(F)F)n4)c3O2)cc1. The van der Waals surface area contributed by atoms with E-state index >= 15 is 0 Å². The molecule has 0 radical (unpaired) electrons. The van der Waals surface area contributed by atoms with Crippen molar-refractivity contribution in [3.8, 4) is 22.9 Å². The second-order valence-electron chi connectivity index (χ2n) is 8.46. The zero-order valence-corrected chi connectivity index (χ0v) is 21.1. The van der Waals surface area contributed by atoms with Crippen LogP contribution in [-0.4, -0.2) is 86.0 Å². The van der Waals surface area contributed by atoms with Crippen LogP contribution in [0.5, 0.6) is 17.2 Å². The molecule has 1 aliphatic heterocycles. The number of alkyl halides is 3. The lowest BCUT2D eigenvalue weighted by atomic mass is 10.2. The molecule has 0 spiro atoms. The highest BCUT2D eigenvalue weighted by molar-refractivity contribution is 7.92. The molecule has 0 saturated heterocycles. The van der Waals surface area contributed by atoms with Gasteiger partial charge in [0, 0.05) is 12.1 Å². The molecule has 4 rings (SSSR count). The van der Waals surface area contributed by atoms with Gasteiger partial charge in [-0.2, -0.15) is 13.2 Å². The number of hydrogen-bond donors (Lipinski definition) is 1. The van der Waals surface area contributed by atoms with Crippen molar-refractivity contribution >= 4 is 15.7 Å². The van der Waals surface area contributed by atoms with Gasteiger partial charge in [-0.15, -0.1) is 5.10 Å². The van der Waals surface area contributed by atoms with Gasteiger partial charge in [0.25, 0.3) is 11.1 Å². The summed E-state index contributed by atoms with van der Waals surface area (Å²) < 4.78 is 79.9. The number of amides is 1. The first-order valence-electron chi connectivity index (χ1n) is 11.3. The van der Waals surface area contributed by atoms with Crippen molar-refractivity contribution in [3.63, 3.8) is 0 Å². The van der Waals surface area contributed by atoms with E-state index in [-0.39, 0.29) is 36.2 Å². The summed E-state index contributed by atoms with van der Waals surface area (Å²) in [6.07, 6.45) is 0.180. The van der Waals surface area contributed by atoms with E-state index in [1.807, 2.05) is 19.0 Å². The lowest BCUT2D eigenvalue weighted by Gasteiger charge is -2.28. The number of fused-ring (bicyclic) bond motifs is 1. The van der Waals surface area contributed by atoms with Crippen LogP contribution in [0.3, 0.4) is 0 Å². The predicted molar refractivity (Wildman–Crippen MR) is 127 cm³/mol. The van der Waals surface area contributed by atoms with Crippen molar-refractivity contribution in [3.05, 3.63) is 54.4 Å². The largest absolute Gasteiger partial charge is 0.505 e. The molecule has 11 nitrogen and oxygen atoms in total. The number of hydrogen-bond acceptors (Lipinski definition) is 9. The van der Waals surface area contributed by atoms with Gasteiger partial charge in [-0.05, 0) is 50.5 Å². The van der Waals surface area contributed by atoms with Gasteiger partial charge in [0.05, 0.1) is 6.54 Å². The number of aromatic nitrogens is 3. The van der Waals surface area contributed by atoms with Crippen LogP contribution >= 0.6 is 0 Å². The van der Waals surface area contributed by atoms with E-state index in [9.17, 15) is 26.4 Å². The summed E-state index contributed by atoms with van der Waals surface area (Å²) in [5.41, 5.74) is -5.03. The van der Waals surface area contributed by atoms with Crippen LogP contribution in [0, 0.1) is 0 Å². The molecule has 1 amide bonds. The third-order valence-electron chi connectivity index (χ3n) is 5.34. The summed E-state index contributed by atoms with van der Waals surface area (Å²) in [5.74, 6) is 0.658. The van der Waals surface area contributed by atoms with Crippen molar-refractivity contribution in [2.45, 2.75) is 16.8 Å². The highest BCUT2D eigenvalue weighted by Gasteiger charge is 2.49. The Morgan fingerprint density at radius 2 is 1.95 bits per heavy atom. The topological polar surface area (TPSA) is 125 Å². The molecule has 1 aromatic heterocycles. The first-order valence-corrected chi connectivity index (χ1v) is 12.8. The Labute approximate surface area is 216 Å². The number of carbonyl (C=O) groups is 1. The van der Waals surface area contributed by atoms with Gasteiger partial charge in [-0.3, -0.25) is 4.79 Å². The Hall–Kier alpha value is -3.85. The van der Waals surface area contributed by atoms with Crippen LogP contribution in [0.2, 0.25) is 0 Å². The van der Waals surface area contributed by atoms with Gasteiger partial charge in [-0.1, -0.05) is 6.07 Å². The number of benzene rings is 2. The maximum atomic E-state index is 12.9. The summed E-state index contributed by atoms with van der Waals surface area (Å²) in [7, 11) is -1.85. The molecule has 0 unspecified atom stereocenters. The van der Waals surface area contributed by atoms with Gasteiger partial charge in [-0.25, -0.2) is 18.1 Å². The molecule has 2 heterocycles. The first kappa shape index (κ1) is 27.2. The third kappa shape index (κ3) is 5.99. The van der Waals surface area contributed by atoms with E-state index in [1.54, 1.807) is 30.3 Å². The lowest BCUT2D eigenvalue weighted by molar-refractivity contribution is -0.0440. The molecular formula is C23H24F3N5O6S. The smallest absolute Gasteiger partial charge is 0.492 e.